The topological polar surface area (TPSA) is 67.9 Å². The van der Waals surface area contributed by atoms with Gasteiger partial charge in [-0.1, -0.05) is 41.6 Å². The summed E-state index contributed by atoms with van der Waals surface area (Å²) in [6.45, 7) is 8.96. The van der Waals surface area contributed by atoms with Gasteiger partial charge in [0.25, 0.3) is 11.8 Å². The van der Waals surface area contributed by atoms with Crippen LogP contribution in [0.4, 0.5) is 0 Å². The van der Waals surface area contributed by atoms with E-state index in [1.807, 2.05) is 19.1 Å². The van der Waals surface area contributed by atoms with Gasteiger partial charge in [-0.15, -0.1) is 0 Å². The Labute approximate surface area is 250 Å². The number of rotatable bonds is 8. The number of aryl methyl sites for hydroxylation is 3. The highest BCUT2D eigenvalue weighted by atomic mass is 79.9. The lowest BCUT2D eigenvalue weighted by atomic mass is 10.0. The maximum Gasteiger partial charge on any atom is 0.285 e. The van der Waals surface area contributed by atoms with E-state index in [2.05, 4.69) is 54.3 Å². The normalized spacial score (nSPS) is 14.2. The zero-order chi connectivity index (χ0) is 28.3. The lowest BCUT2D eigenvalue weighted by Gasteiger charge is -2.17. The van der Waals surface area contributed by atoms with Crippen LogP contribution in [0, 0.1) is 20.8 Å². The highest BCUT2D eigenvalue weighted by molar-refractivity contribution is 9.10. The van der Waals surface area contributed by atoms with Crippen molar-refractivity contribution in [2.75, 3.05) is 6.61 Å². The quantitative estimate of drug-likeness (QED) is 0.202. The fourth-order valence-corrected chi connectivity index (χ4v) is 5.86. The van der Waals surface area contributed by atoms with Crippen molar-refractivity contribution in [2.24, 2.45) is 0 Å². The van der Waals surface area contributed by atoms with Crippen LogP contribution in [0.25, 0.3) is 6.08 Å². The molecule has 0 aromatic heterocycles. The number of hydrogen-bond acceptors (Lipinski definition) is 6. The monoisotopic (exact) mass is 644 g/mol. The minimum atomic E-state index is -0.489. The number of hydrazine groups is 1. The molecular weight excluding hydrogens is 620 g/mol. The third kappa shape index (κ3) is 6.84. The molecule has 3 aromatic rings. The minimum absolute atomic E-state index is 0.217. The van der Waals surface area contributed by atoms with E-state index in [0.29, 0.717) is 50.2 Å². The van der Waals surface area contributed by atoms with Gasteiger partial charge in [-0.25, -0.2) is 0 Å². The van der Waals surface area contributed by atoms with Crippen LogP contribution in [-0.2, 0) is 11.4 Å². The second-order valence-electron chi connectivity index (χ2n) is 8.88. The summed E-state index contributed by atoms with van der Waals surface area (Å²) in [4.78, 5) is 26.1. The predicted octanol–water partition coefficient (Wildman–Crippen LogP) is 7.55. The largest absolute Gasteiger partial charge is 0.490 e. The maximum absolute atomic E-state index is 13.1. The molecule has 1 aliphatic rings. The average Bonchev–Trinajstić information content (AvgIpc) is 3.13. The van der Waals surface area contributed by atoms with Crippen molar-refractivity contribution < 1.29 is 19.1 Å². The fourth-order valence-electron chi connectivity index (χ4n) is 3.91. The van der Waals surface area contributed by atoms with Gasteiger partial charge < -0.3 is 9.47 Å². The van der Waals surface area contributed by atoms with E-state index in [-0.39, 0.29) is 4.32 Å². The molecule has 3 aromatic carbocycles. The van der Waals surface area contributed by atoms with Crippen LogP contribution in [0.5, 0.6) is 11.5 Å². The van der Waals surface area contributed by atoms with Crippen LogP contribution in [0.1, 0.15) is 45.1 Å². The van der Waals surface area contributed by atoms with Crippen molar-refractivity contribution in [1.29, 1.82) is 0 Å². The molecule has 0 spiro atoms. The van der Waals surface area contributed by atoms with Gasteiger partial charge in [0.1, 0.15) is 6.61 Å². The number of carbonyl (C=O) groups excluding carboxylic acids is 2. The molecule has 6 nitrogen and oxygen atoms in total. The molecule has 39 heavy (non-hydrogen) atoms. The van der Waals surface area contributed by atoms with E-state index in [1.54, 1.807) is 24.3 Å². The Kier molecular flexibility index (Phi) is 9.38. The molecule has 0 bridgehead atoms. The van der Waals surface area contributed by atoms with Crippen molar-refractivity contribution in [2.45, 2.75) is 34.3 Å². The van der Waals surface area contributed by atoms with Gasteiger partial charge >= 0.3 is 0 Å². The molecule has 0 unspecified atom stereocenters. The van der Waals surface area contributed by atoms with Crippen molar-refractivity contribution >= 4 is 73.7 Å². The first-order chi connectivity index (χ1) is 18.6. The number of ether oxygens (including phenoxy) is 2. The average molecular weight is 646 g/mol. The van der Waals surface area contributed by atoms with Crippen molar-refractivity contribution in [3.8, 4) is 11.5 Å². The third-order valence-electron chi connectivity index (χ3n) is 6.05. The SMILES string of the molecule is CCOc1cc(/C=C2/SC(=S)N(NC(=O)c3cccc(Cl)c3)C2=O)cc(Br)c1OCc1cc(C)c(C)cc1C. The highest BCUT2D eigenvalue weighted by Gasteiger charge is 2.34. The molecule has 4 rings (SSSR count). The molecule has 0 atom stereocenters. The Morgan fingerprint density at radius 1 is 1.10 bits per heavy atom. The molecule has 0 aliphatic carbocycles. The lowest BCUT2D eigenvalue weighted by Crippen LogP contribution is -2.44. The standard InChI is InChI=1S/C29H26BrClN2O4S2/c1-5-36-24-12-19(11-23(30)26(24)37-15-21-10-17(3)16(2)9-18(21)4)13-25-28(35)33(29(38)39-25)32-27(34)20-7-6-8-22(31)14-20/h6-14H,5,15H2,1-4H3,(H,32,34)/b25-13+. The Hall–Kier alpha value is -2.85. The summed E-state index contributed by atoms with van der Waals surface area (Å²) in [5.41, 5.74) is 8.30. The van der Waals surface area contributed by atoms with Gasteiger partial charge in [0.2, 0.25) is 0 Å². The molecule has 202 valence electrons. The van der Waals surface area contributed by atoms with Crippen molar-refractivity contribution in [3.63, 3.8) is 0 Å². The Morgan fingerprint density at radius 2 is 1.85 bits per heavy atom. The third-order valence-corrected chi connectivity index (χ3v) is 8.17. The van der Waals surface area contributed by atoms with E-state index >= 15 is 0 Å². The van der Waals surface area contributed by atoms with Gasteiger partial charge in [0, 0.05) is 10.6 Å². The Morgan fingerprint density at radius 3 is 2.56 bits per heavy atom. The molecule has 1 fully saturated rings. The summed E-state index contributed by atoms with van der Waals surface area (Å²) in [5.74, 6) is 0.203. The van der Waals surface area contributed by atoms with E-state index in [1.165, 1.54) is 17.2 Å². The highest BCUT2D eigenvalue weighted by Crippen LogP contribution is 2.40. The smallest absolute Gasteiger partial charge is 0.285 e. The molecule has 0 radical (unpaired) electrons. The van der Waals surface area contributed by atoms with Crippen LogP contribution < -0.4 is 14.9 Å². The zero-order valence-electron chi connectivity index (χ0n) is 21.8. The molecule has 1 saturated heterocycles. The number of thioether (sulfide) groups is 1. The molecule has 2 amide bonds. The molecule has 1 heterocycles. The van der Waals surface area contributed by atoms with Gasteiger partial charge in [-0.2, -0.15) is 5.01 Å². The Balaban J connectivity index is 1.55. The second-order valence-corrected chi connectivity index (χ2v) is 11.8. The molecule has 1 N–H and O–H groups in total. The van der Waals surface area contributed by atoms with E-state index < -0.39 is 11.8 Å². The Bertz CT molecular complexity index is 1510. The maximum atomic E-state index is 13.1. The molecule has 10 heteroatoms. The van der Waals surface area contributed by atoms with Gasteiger partial charge in [-0.3, -0.25) is 15.0 Å². The number of nitrogens with one attached hydrogen (secondary N) is 1. The summed E-state index contributed by atoms with van der Waals surface area (Å²) in [7, 11) is 0. The first-order valence-electron chi connectivity index (χ1n) is 12.1. The van der Waals surface area contributed by atoms with E-state index in [0.717, 1.165) is 27.9 Å². The number of benzene rings is 3. The number of thiocarbonyl (C=S) groups is 1. The van der Waals surface area contributed by atoms with Crippen LogP contribution in [-0.4, -0.2) is 27.8 Å². The van der Waals surface area contributed by atoms with Crippen molar-refractivity contribution in [3.05, 3.63) is 96.3 Å². The van der Waals surface area contributed by atoms with Gasteiger partial charge in [0.15, 0.2) is 15.8 Å². The summed E-state index contributed by atoms with van der Waals surface area (Å²) in [5, 5.41) is 1.48. The van der Waals surface area contributed by atoms with Crippen LogP contribution in [0.2, 0.25) is 5.02 Å². The minimum Gasteiger partial charge on any atom is -0.490 e. The summed E-state index contributed by atoms with van der Waals surface area (Å²) >= 11 is 16.0. The molecule has 1 aliphatic heterocycles. The number of hydrogen-bond donors (Lipinski definition) is 1. The number of amides is 2. The number of halogens is 2. The van der Waals surface area contributed by atoms with Crippen molar-refractivity contribution in [1.82, 2.24) is 10.4 Å². The van der Waals surface area contributed by atoms with Crippen LogP contribution in [0.3, 0.4) is 0 Å². The van der Waals surface area contributed by atoms with Gasteiger partial charge in [-0.05, 0) is 120 Å². The number of nitrogens with zero attached hydrogens (tertiary/aromatic N) is 1. The van der Waals surface area contributed by atoms with Crippen LogP contribution >= 0.6 is 51.5 Å². The molecule has 0 saturated carbocycles. The second kappa shape index (κ2) is 12.6. The lowest BCUT2D eigenvalue weighted by molar-refractivity contribution is -0.123. The first kappa shape index (κ1) is 29.1. The fraction of sp³-hybridized carbons (Fsp3) is 0.207. The van der Waals surface area contributed by atoms with E-state index in [9.17, 15) is 9.59 Å². The van der Waals surface area contributed by atoms with Gasteiger partial charge in [0.05, 0.1) is 16.0 Å². The zero-order valence-corrected chi connectivity index (χ0v) is 25.7. The van der Waals surface area contributed by atoms with E-state index in [4.69, 9.17) is 33.3 Å². The predicted molar refractivity (Wildman–Crippen MR) is 164 cm³/mol. The summed E-state index contributed by atoms with van der Waals surface area (Å²) in [6.07, 6.45) is 1.70. The molecular formula is C29H26BrClN2O4S2. The number of carbonyl (C=O) groups is 2. The first-order valence-corrected chi connectivity index (χ1v) is 14.5. The summed E-state index contributed by atoms with van der Waals surface area (Å²) in [6, 6.07) is 14.4. The summed E-state index contributed by atoms with van der Waals surface area (Å²) < 4.78 is 13.0. The van der Waals surface area contributed by atoms with Crippen LogP contribution in [0.15, 0.2) is 57.9 Å².